The molecule has 0 atom stereocenters. The molecular weight excluding hydrogens is 415 g/mol. The number of carbonyl (C=O) groups is 2. The summed E-state index contributed by atoms with van der Waals surface area (Å²) in [6.45, 7) is 3.54. The summed E-state index contributed by atoms with van der Waals surface area (Å²) in [4.78, 5) is 31.4. The molecule has 9 heteroatoms. The number of Topliss-reactive ketones (excluding diaryl/α,β-unsaturated/α-hetero) is 1. The molecule has 0 saturated carbocycles. The van der Waals surface area contributed by atoms with Crippen LogP contribution < -0.4 is 5.32 Å². The summed E-state index contributed by atoms with van der Waals surface area (Å²) in [6.07, 6.45) is -4.68. The number of hydrogen-bond acceptors (Lipinski definition) is 5. The highest BCUT2D eigenvalue weighted by Crippen LogP contribution is 2.32. The molecule has 1 aromatic heterocycles. The number of ketones is 1. The number of anilines is 1. The number of amides is 1. The van der Waals surface area contributed by atoms with Crippen molar-refractivity contribution in [1.29, 1.82) is 0 Å². The standard InChI is InChI=1S/C21H18F3N3O2S/c1-12(2)18(29)25-14-9-7-13(8-10-14)17(28)11-30-19-15-5-3-4-6-16(15)26-20(27-19)21(22,23)24/h3-10,12H,11H2,1-2H3,(H,25,29). The Kier molecular flexibility index (Phi) is 6.40. The number of nitrogens with zero attached hydrogens (tertiary/aromatic N) is 2. The van der Waals surface area contributed by atoms with Gasteiger partial charge in [-0.05, 0) is 30.3 Å². The van der Waals surface area contributed by atoms with Gasteiger partial charge in [-0.3, -0.25) is 9.59 Å². The summed E-state index contributed by atoms with van der Waals surface area (Å²) in [5.74, 6) is -1.90. The SMILES string of the molecule is CC(C)C(=O)Nc1ccc(C(=O)CSc2nc(C(F)(F)F)nc3ccccc23)cc1. The monoisotopic (exact) mass is 433 g/mol. The Morgan fingerprint density at radius 3 is 2.33 bits per heavy atom. The van der Waals surface area contributed by atoms with Crippen LogP contribution in [0.1, 0.15) is 30.0 Å². The quantitative estimate of drug-likeness (QED) is 0.328. The van der Waals surface area contributed by atoms with Gasteiger partial charge in [-0.2, -0.15) is 13.2 Å². The van der Waals surface area contributed by atoms with Crippen molar-refractivity contribution in [1.82, 2.24) is 9.97 Å². The van der Waals surface area contributed by atoms with Crippen molar-refractivity contribution >= 4 is 40.0 Å². The summed E-state index contributed by atoms with van der Waals surface area (Å²) in [5, 5.41) is 3.28. The van der Waals surface area contributed by atoms with Gasteiger partial charge in [0.2, 0.25) is 11.7 Å². The Morgan fingerprint density at radius 1 is 1.03 bits per heavy atom. The van der Waals surface area contributed by atoms with Crippen molar-refractivity contribution in [3.05, 3.63) is 59.9 Å². The van der Waals surface area contributed by atoms with E-state index >= 15 is 0 Å². The summed E-state index contributed by atoms with van der Waals surface area (Å²) in [6, 6.07) is 12.7. The van der Waals surface area contributed by atoms with Crippen LogP contribution in [0.3, 0.4) is 0 Å². The second kappa shape index (κ2) is 8.83. The van der Waals surface area contributed by atoms with Crippen molar-refractivity contribution in [2.75, 3.05) is 11.1 Å². The lowest BCUT2D eigenvalue weighted by molar-refractivity contribution is -0.145. The minimum Gasteiger partial charge on any atom is -0.326 e. The number of fused-ring (bicyclic) bond motifs is 1. The molecule has 0 aliphatic carbocycles. The van der Waals surface area contributed by atoms with Gasteiger partial charge >= 0.3 is 6.18 Å². The zero-order valence-corrected chi connectivity index (χ0v) is 17.0. The molecule has 3 aromatic rings. The molecule has 0 bridgehead atoms. The van der Waals surface area contributed by atoms with E-state index < -0.39 is 12.0 Å². The fourth-order valence-corrected chi connectivity index (χ4v) is 3.44. The number of nitrogens with one attached hydrogen (secondary N) is 1. The number of aromatic nitrogens is 2. The van der Waals surface area contributed by atoms with E-state index in [-0.39, 0.29) is 33.9 Å². The predicted molar refractivity (Wildman–Crippen MR) is 110 cm³/mol. The number of halogens is 3. The lowest BCUT2D eigenvalue weighted by Gasteiger charge is -2.10. The number of hydrogen-bond donors (Lipinski definition) is 1. The van der Waals surface area contributed by atoms with Crippen molar-refractivity contribution in [2.45, 2.75) is 25.0 Å². The minimum absolute atomic E-state index is 0.0873. The third-order valence-electron chi connectivity index (χ3n) is 4.16. The lowest BCUT2D eigenvalue weighted by Crippen LogP contribution is -2.17. The van der Waals surface area contributed by atoms with E-state index in [4.69, 9.17) is 0 Å². The number of rotatable bonds is 6. The van der Waals surface area contributed by atoms with Gasteiger partial charge in [0.1, 0.15) is 5.03 Å². The summed E-state index contributed by atoms with van der Waals surface area (Å²) in [5.41, 5.74) is 1.12. The maximum atomic E-state index is 13.1. The number of thioether (sulfide) groups is 1. The van der Waals surface area contributed by atoms with Gasteiger partial charge < -0.3 is 5.32 Å². The molecule has 0 aliphatic heterocycles. The van der Waals surface area contributed by atoms with Crippen molar-refractivity contribution < 1.29 is 22.8 Å². The van der Waals surface area contributed by atoms with Crippen LogP contribution in [0.4, 0.5) is 18.9 Å². The van der Waals surface area contributed by atoms with E-state index in [9.17, 15) is 22.8 Å². The second-order valence-corrected chi connectivity index (χ2v) is 7.76. The highest BCUT2D eigenvalue weighted by molar-refractivity contribution is 8.00. The zero-order chi connectivity index (χ0) is 21.9. The maximum Gasteiger partial charge on any atom is 0.451 e. The van der Waals surface area contributed by atoms with E-state index in [2.05, 4.69) is 15.3 Å². The average molecular weight is 433 g/mol. The Balaban J connectivity index is 1.76. The molecule has 0 fully saturated rings. The highest BCUT2D eigenvalue weighted by atomic mass is 32.2. The van der Waals surface area contributed by atoms with Crippen LogP contribution in [0.15, 0.2) is 53.6 Å². The molecule has 0 saturated heterocycles. The van der Waals surface area contributed by atoms with Gasteiger partial charge in [-0.25, -0.2) is 9.97 Å². The molecule has 0 unspecified atom stereocenters. The van der Waals surface area contributed by atoms with Crippen LogP contribution in [0.5, 0.6) is 0 Å². The Bertz CT molecular complexity index is 1080. The normalized spacial score (nSPS) is 11.7. The smallest absolute Gasteiger partial charge is 0.326 e. The third kappa shape index (κ3) is 5.15. The summed E-state index contributed by atoms with van der Waals surface area (Å²) >= 11 is 0.932. The zero-order valence-electron chi connectivity index (χ0n) is 16.2. The van der Waals surface area contributed by atoms with Crippen molar-refractivity contribution in [3.8, 4) is 0 Å². The first-order valence-electron chi connectivity index (χ1n) is 9.06. The molecule has 1 amide bonds. The molecule has 30 heavy (non-hydrogen) atoms. The Labute approximate surface area is 175 Å². The first-order valence-corrected chi connectivity index (χ1v) is 10.0. The van der Waals surface area contributed by atoms with Gasteiger partial charge in [0.15, 0.2) is 5.78 Å². The van der Waals surface area contributed by atoms with E-state index in [0.717, 1.165) is 11.8 Å². The van der Waals surface area contributed by atoms with E-state index in [0.29, 0.717) is 16.6 Å². The lowest BCUT2D eigenvalue weighted by atomic mass is 10.1. The summed E-state index contributed by atoms with van der Waals surface area (Å²) < 4.78 is 39.3. The fourth-order valence-electron chi connectivity index (χ4n) is 2.53. The fraction of sp³-hybridized carbons (Fsp3) is 0.238. The summed E-state index contributed by atoms with van der Waals surface area (Å²) in [7, 11) is 0. The van der Waals surface area contributed by atoms with Crippen LogP contribution in [0, 0.1) is 5.92 Å². The molecule has 5 nitrogen and oxygen atoms in total. The van der Waals surface area contributed by atoms with Crippen LogP contribution in [-0.2, 0) is 11.0 Å². The van der Waals surface area contributed by atoms with Crippen LogP contribution in [0.25, 0.3) is 10.9 Å². The minimum atomic E-state index is -4.68. The molecule has 3 rings (SSSR count). The molecule has 0 aliphatic rings. The average Bonchev–Trinajstić information content (AvgIpc) is 2.71. The van der Waals surface area contributed by atoms with Gasteiger partial charge in [0, 0.05) is 22.6 Å². The van der Waals surface area contributed by atoms with E-state index in [1.165, 1.54) is 6.07 Å². The van der Waals surface area contributed by atoms with Crippen LogP contribution >= 0.6 is 11.8 Å². The number of alkyl halides is 3. The Hall–Kier alpha value is -2.94. The van der Waals surface area contributed by atoms with Gasteiger partial charge in [-0.15, -0.1) is 0 Å². The Morgan fingerprint density at radius 2 is 1.70 bits per heavy atom. The molecule has 2 aromatic carbocycles. The molecule has 0 spiro atoms. The molecule has 0 radical (unpaired) electrons. The van der Waals surface area contributed by atoms with Crippen LogP contribution in [0.2, 0.25) is 0 Å². The largest absolute Gasteiger partial charge is 0.451 e. The molecular formula is C21H18F3N3O2S. The van der Waals surface area contributed by atoms with Gasteiger partial charge in [-0.1, -0.05) is 43.8 Å². The highest BCUT2D eigenvalue weighted by Gasteiger charge is 2.35. The van der Waals surface area contributed by atoms with E-state index in [1.807, 2.05) is 0 Å². The first-order chi connectivity index (χ1) is 14.1. The molecule has 156 valence electrons. The molecule has 1 N–H and O–H groups in total. The van der Waals surface area contributed by atoms with Gasteiger partial charge in [0.25, 0.3) is 0 Å². The predicted octanol–water partition coefficient (Wildman–Crippen LogP) is 5.22. The van der Waals surface area contributed by atoms with Crippen LogP contribution in [-0.4, -0.2) is 27.4 Å². The number of benzene rings is 2. The number of carbonyl (C=O) groups excluding carboxylic acids is 2. The number of para-hydroxylation sites is 1. The third-order valence-corrected chi connectivity index (χ3v) is 5.15. The van der Waals surface area contributed by atoms with Crippen molar-refractivity contribution in [3.63, 3.8) is 0 Å². The van der Waals surface area contributed by atoms with E-state index in [1.54, 1.807) is 56.3 Å². The second-order valence-electron chi connectivity index (χ2n) is 6.80. The van der Waals surface area contributed by atoms with Gasteiger partial charge in [0.05, 0.1) is 11.3 Å². The molecule has 1 heterocycles. The maximum absolute atomic E-state index is 13.1. The topological polar surface area (TPSA) is 72.0 Å². The van der Waals surface area contributed by atoms with Crippen molar-refractivity contribution in [2.24, 2.45) is 5.92 Å². The first kappa shape index (κ1) is 21.8.